The van der Waals surface area contributed by atoms with Gasteiger partial charge < -0.3 is 15.7 Å². The minimum Gasteiger partial charge on any atom is -0.506 e. The lowest BCUT2D eigenvalue weighted by molar-refractivity contribution is -0.115. The number of rotatable bonds is 5. The Kier molecular flexibility index (Phi) is 5.28. The molecule has 0 fully saturated rings. The Morgan fingerprint density at radius 2 is 2.25 bits per heavy atom. The third kappa shape index (κ3) is 4.20. The van der Waals surface area contributed by atoms with Crippen LogP contribution in [0.3, 0.4) is 0 Å². The maximum atomic E-state index is 11.5. The van der Waals surface area contributed by atoms with Gasteiger partial charge in [-0.05, 0) is 31.2 Å². The van der Waals surface area contributed by atoms with Crippen molar-refractivity contribution in [2.75, 3.05) is 18.4 Å². The molecule has 0 saturated carbocycles. The number of anilines is 1. The van der Waals surface area contributed by atoms with Crippen LogP contribution in [0.1, 0.15) is 13.3 Å². The lowest BCUT2D eigenvalue weighted by Crippen LogP contribution is -2.28. The molecular weight excluding hydrogens is 272 g/mol. The SMILES string of the molecule is CCCNCC(=O)Nc1cc(Br)ccc1O. The average Bonchev–Trinajstić information content (AvgIpc) is 2.24. The number of carbonyl (C=O) groups is 1. The number of phenols is 1. The van der Waals surface area contributed by atoms with E-state index in [0.717, 1.165) is 17.4 Å². The molecule has 5 heteroatoms. The van der Waals surface area contributed by atoms with Crippen LogP contribution < -0.4 is 10.6 Å². The van der Waals surface area contributed by atoms with Gasteiger partial charge in [0.1, 0.15) is 5.75 Å². The molecule has 0 aliphatic rings. The van der Waals surface area contributed by atoms with Crippen LogP contribution in [0.2, 0.25) is 0 Å². The van der Waals surface area contributed by atoms with Crippen molar-refractivity contribution >= 4 is 27.5 Å². The van der Waals surface area contributed by atoms with Crippen molar-refractivity contribution in [1.82, 2.24) is 5.32 Å². The van der Waals surface area contributed by atoms with E-state index < -0.39 is 0 Å². The molecule has 0 bridgehead atoms. The first-order valence-corrected chi connectivity index (χ1v) is 5.92. The first-order valence-electron chi connectivity index (χ1n) is 5.12. The highest BCUT2D eigenvalue weighted by Crippen LogP contribution is 2.26. The lowest BCUT2D eigenvalue weighted by atomic mass is 10.3. The molecule has 3 N–H and O–H groups in total. The highest BCUT2D eigenvalue weighted by atomic mass is 79.9. The van der Waals surface area contributed by atoms with Gasteiger partial charge in [-0.25, -0.2) is 0 Å². The fourth-order valence-corrected chi connectivity index (χ4v) is 1.54. The second kappa shape index (κ2) is 6.50. The molecule has 1 aromatic rings. The molecule has 0 radical (unpaired) electrons. The fraction of sp³-hybridized carbons (Fsp3) is 0.364. The number of benzene rings is 1. The summed E-state index contributed by atoms with van der Waals surface area (Å²) in [4.78, 5) is 11.5. The summed E-state index contributed by atoms with van der Waals surface area (Å²) in [5, 5.41) is 15.1. The zero-order chi connectivity index (χ0) is 12.0. The molecule has 0 aliphatic carbocycles. The summed E-state index contributed by atoms with van der Waals surface area (Å²) in [6.07, 6.45) is 0.982. The van der Waals surface area contributed by atoms with E-state index in [1.54, 1.807) is 12.1 Å². The monoisotopic (exact) mass is 286 g/mol. The highest BCUT2D eigenvalue weighted by Gasteiger charge is 2.06. The van der Waals surface area contributed by atoms with E-state index in [4.69, 9.17) is 0 Å². The van der Waals surface area contributed by atoms with Crippen LogP contribution in [-0.2, 0) is 4.79 Å². The van der Waals surface area contributed by atoms with Gasteiger partial charge in [-0.1, -0.05) is 22.9 Å². The van der Waals surface area contributed by atoms with Gasteiger partial charge in [0.05, 0.1) is 12.2 Å². The molecule has 0 atom stereocenters. The summed E-state index contributed by atoms with van der Waals surface area (Å²) >= 11 is 3.27. The Labute approximate surface area is 103 Å². The Bertz CT molecular complexity index is 369. The fourth-order valence-electron chi connectivity index (χ4n) is 1.18. The van der Waals surface area contributed by atoms with Crippen LogP contribution in [0.5, 0.6) is 5.75 Å². The zero-order valence-electron chi connectivity index (χ0n) is 9.09. The molecular formula is C11H15BrN2O2. The number of aromatic hydroxyl groups is 1. The Hall–Kier alpha value is -1.07. The topological polar surface area (TPSA) is 61.4 Å². The molecule has 16 heavy (non-hydrogen) atoms. The largest absolute Gasteiger partial charge is 0.506 e. The minimum atomic E-state index is -0.165. The van der Waals surface area contributed by atoms with Crippen LogP contribution in [-0.4, -0.2) is 24.1 Å². The first-order chi connectivity index (χ1) is 7.63. The van der Waals surface area contributed by atoms with Crippen LogP contribution >= 0.6 is 15.9 Å². The molecule has 0 aromatic heterocycles. The van der Waals surface area contributed by atoms with Crippen LogP contribution in [0.25, 0.3) is 0 Å². The molecule has 88 valence electrons. The molecule has 1 rings (SSSR count). The van der Waals surface area contributed by atoms with Crippen molar-refractivity contribution in [3.63, 3.8) is 0 Å². The van der Waals surface area contributed by atoms with Gasteiger partial charge in [-0.2, -0.15) is 0 Å². The standard InChI is InChI=1S/C11H15BrN2O2/c1-2-5-13-7-11(16)14-9-6-8(12)3-4-10(9)15/h3-4,6,13,15H,2,5,7H2,1H3,(H,14,16). The van der Waals surface area contributed by atoms with Crippen LogP contribution in [0.4, 0.5) is 5.69 Å². The van der Waals surface area contributed by atoms with Gasteiger partial charge in [-0.15, -0.1) is 0 Å². The van der Waals surface area contributed by atoms with Gasteiger partial charge in [0.15, 0.2) is 0 Å². The predicted molar refractivity (Wildman–Crippen MR) is 67.6 cm³/mol. The van der Waals surface area contributed by atoms with Crippen molar-refractivity contribution in [3.8, 4) is 5.75 Å². The summed E-state index contributed by atoms with van der Waals surface area (Å²) in [5.41, 5.74) is 0.415. The van der Waals surface area contributed by atoms with E-state index in [-0.39, 0.29) is 18.2 Å². The van der Waals surface area contributed by atoms with Crippen molar-refractivity contribution in [1.29, 1.82) is 0 Å². The van der Waals surface area contributed by atoms with Crippen molar-refractivity contribution in [3.05, 3.63) is 22.7 Å². The molecule has 1 amide bonds. The van der Waals surface area contributed by atoms with Gasteiger partial charge in [0.2, 0.25) is 5.91 Å². The van der Waals surface area contributed by atoms with E-state index in [0.29, 0.717) is 5.69 Å². The number of carbonyl (C=O) groups excluding carboxylic acids is 1. The predicted octanol–water partition coefficient (Wildman–Crippen LogP) is 2.09. The second-order valence-corrected chi connectivity index (χ2v) is 4.30. The Balaban J connectivity index is 2.52. The molecule has 0 saturated heterocycles. The summed E-state index contributed by atoms with van der Waals surface area (Å²) in [5.74, 6) is -0.103. The normalized spacial score (nSPS) is 10.1. The number of nitrogens with one attached hydrogen (secondary N) is 2. The van der Waals surface area contributed by atoms with E-state index in [1.807, 2.05) is 6.92 Å². The van der Waals surface area contributed by atoms with Crippen molar-refractivity contribution < 1.29 is 9.90 Å². The average molecular weight is 287 g/mol. The maximum Gasteiger partial charge on any atom is 0.238 e. The molecule has 1 aromatic carbocycles. The van der Waals surface area contributed by atoms with E-state index in [1.165, 1.54) is 6.07 Å². The van der Waals surface area contributed by atoms with Crippen LogP contribution in [0, 0.1) is 0 Å². The quantitative estimate of drug-likeness (QED) is 0.574. The minimum absolute atomic E-state index is 0.0621. The maximum absolute atomic E-state index is 11.5. The van der Waals surface area contributed by atoms with Crippen molar-refractivity contribution in [2.24, 2.45) is 0 Å². The first kappa shape index (κ1) is 13.0. The summed E-state index contributed by atoms with van der Waals surface area (Å²) < 4.78 is 0.808. The van der Waals surface area contributed by atoms with E-state index >= 15 is 0 Å². The summed E-state index contributed by atoms with van der Waals surface area (Å²) in [6, 6.07) is 4.90. The third-order valence-electron chi connectivity index (χ3n) is 1.95. The van der Waals surface area contributed by atoms with Gasteiger partial charge >= 0.3 is 0 Å². The summed E-state index contributed by atoms with van der Waals surface area (Å²) in [6.45, 7) is 3.09. The zero-order valence-corrected chi connectivity index (χ0v) is 10.7. The van der Waals surface area contributed by atoms with E-state index in [2.05, 4.69) is 26.6 Å². The van der Waals surface area contributed by atoms with Crippen molar-refractivity contribution in [2.45, 2.75) is 13.3 Å². The highest BCUT2D eigenvalue weighted by molar-refractivity contribution is 9.10. The van der Waals surface area contributed by atoms with Gasteiger partial charge in [0, 0.05) is 4.47 Å². The summed E-state index contributed by atoms with van der Waals surface area (Å²) in [7, 11) is 0. The van der Waals surface area contributed by atoms with E-state index in [9.17, 15) is 9.90 Å². The molecule has 0 spiro atoms. The molecule has 0 aliphatic heterocycles. The van der Waals surface area contributed by atoms with Crippen LogP contribution in [0.15, 0.2) is 22.7 Å². The number of amides is 1. The third-order valence-corrected chi connectivity index (χ3v) is 2.44. The Morgan fingerprint density at radius 1 is 1.50 bits per heavy atom. The Morgan fingerprint density at radius 3 is 2.94 bits per heavy atom. The number of halogens is 1. The molecule has 4 nitrogen and oxygen atoms in total. The number of hydrogen-bond acceptors (Lipinski definition) is 3. The van der Waals surface area contributed by atoms with Gasteiger partial charge in [0.25, 0.3) is 0 Å². The molecule has 0 heterocycles. The second-order valence-electron chi connectivity index (χ2n) is 3.39. The van der Waals surface area contributed by atoms with Gasteiger partial charge in [-0.3, -0.25) is 4.79 Å². The number of phenolic OH excluding ortho intramolecular Hbond substituents is 1. The smallest absolute Gasteiger partial charge is 0.238 e. The molecule has 0 unspecified atom stereocenters. The lowest BCUT2D eigenvalue weighted by Gasteiger charge is -2.08. The number of hydrogen-bond donors (Lipinski definition) is 3.